The van der Waals surface area contributed by atoms with E-state index in [1.807, 2.05) is 0 Å². The summed E-state index contributed by atoms with van der Waals surface area (Å²) in [4.78, 5) is 11.1. The summed E-state index contributed by atoms with van der Waals surface area (Å²) >= 11 is 0. The summed E-state index contributed by atoms with van der Waals surface area (Å²) in [7, 11) is 5.47. The fourth-order valence-corrected chi connectivity index (χ4v) is 1.09. The molecular formula is C10H11BO3. The van der Waals surface area contributed by atoms with Crippen molar-refractivity contribution in [1.29, 1.82) is 0 Å². The van der Waals surface area contributed by atoms with E-state index in [0.29, 0.717) is 6.61 Å². The molecule has 0 aliphatic heterocycles. The van der Waals surface area contributed by atoms with Crippen molar-refractivity contribution in [3.63, 3.8) is 0 Å². The molecule has 0 spiro atoms. The van der Waals surface area contributed by atoms with Crippen LogP contribution < -0.4 is 5.46 Å². The summed E-state index contributed by atoms with van der Waals surface area (Å²) in [5.74, 6) is -0.268. The highest BCUT2D eigenvalue weighted by molar-refractivity contribution is 6.34. The highest BCUT2D eigenvalue weighted by Gasteiger charge is 2.04. The number of phenols is 1. The number of carbonyl (C=O) groups is 1. The zero-order valence-electron chi connectivity index (χ0n) is 7.99. The fourth-order valence-electron chi connectivity index (χ4n) is 1.09. The first kappa shape index (κ1) is 10.6. The molecule has 4 heteroatoms. The van der Waals surface area contributed by atoms with Crippen LogP contribution in [-0.2, 0) is 16.0 Å². The Balaban J connectivity index is 2.68. The van der Waals surface area contributed by atoms with Crippen molar-refractivity contribution in [3.8, 4) is 5.75 Å². The number of ether oxygens (including phenoxy) is 1. The number of benzene rings is 1. The number of esters is 1. The Morgan fingerprint density at radius 1 is 1.57 bits per heavy atom. The van der Waals surface area contributed by atoms with Crippen molar-refractivity contribution in [3.05, 3.63) is 23.8 Å². The first-order valence-corrected chi connectivity index (χ1v) is 4.36. The molecule has 0 aliphatic carbocycles. The lowest BCUT2D eigenvalue weighted by atomic mass is 9.92. The minimum absolute atomic E-state index is 0.0256. The number of aromatic hydroxyl groups is 1. The Kier molecular flexibility index (Phi) is 3.57. The summed E-state index contributed by atoms with van der Waals surface area (Å²) < 4.78 is 4.77. The van der Waals surface area contributed by atoms with Crippen LogP contribution in [0, 0.1) is 0 Å². The number of carbonyl (C=O) groups excluding carboxylic acids is 1. The lowest BCUT2D eigenvalue weighted by Crippen LogP contribution is -2.10. The SMILES string of the molecule is [B]c1cc(CC(=O)OCC)ccc1O. The van der Waals surface area contributed by atoms with E-state index in [0.717, 1.165) is 5.56 Å². The Labute approximate surface area is 84.1 Å². The molecule has 14 heavy (non-hydrogen) atoms. The van der Waals surface area contributed by atoms with Gasteiger partial charge in [-0.25, -0.2) is 0 Å². The third kappa shape index (κ3) is 2.80. The number of hydrogen-bond donors (Lipinski definition) is 1. The van der Waals surface area contributed by atoms with Gasteiger partial charge in [0.15, 0.2) is 0 Å². The first-order chi connectivity index (χ1) is 6.63. The molecule has 3 nitrogen and oxygen atoms in total. The van der Waals surface area contributed by atoms with E-state index in [-0.39, 0.29) is 23.6 Å². The second-order valence-electron chi connectivity index (χ2n) is 2.87. The van der Waals surface area contributed by atoms with Gasteiger partial charge in [-0.3, -0.25) is 4.79 Å². The van der Waals surface area contributed by atoms with Gasteiger partial charge < -0.3 is 9.84 Å². The van der Waals surface area contributed by atoms with Crippen molar-refractivity contribution in [2.45, 2.75) is 13.3 Å². The molecule has 0 amide bonds. The number of phenolic OH excluding ortho intramolecular Hbond substituents is 1. The quantitative estimate of drug-likeness (QED) is 0.550. The van der Waals surface area contributed by atoms with Gasteiger partial charge in [-0.15, -0.1) is 0 Å². The van der Waals surface area contributed by atoms with E-state index in [9.17, 15) is 4.79 Å². The lowest BCUT2D eigenvalue weighted by Gasteiger charge is -2.04. The summed E-state index contributed by atoms with van der Waals surface area (Å²) in [6.07, 6.45) is 0.179. The smallest absolute Gasteiger partial charge is 0.310 e. The second-order valence-corrected chi connectivity index (χ2v) is 2.87. The fraction of sp³-hybridized carbons (Fsp3) is 0.300. The summed E-state index contributed by atoms with van der Waals surface area (Å²) in [5.41, 5.74) is 1.01. The summed E-state index contributed by atoms with van der Waals surface area (Å²) in [5, 5.41) is 9.14. The van der Waals surface area contributed by atoms with Gasteiger partial charge >= 0.3 is 5.97 Å². The van der Waals surface area contributed by atoms with Crippen molar-refractivity contribution >= 4 is 19.3 Å². The minimum atomic E-state index is -0.294. The number of rotatable bonds is 3. The molecule has 2 radical (unpaired) electrons. The van der Waals surface area contributed by atoms with Crippen molar-refractivity contribution in [2.75, 3.05) is 6.61 Å². The average molecular weight is 190 g/mol. The van der Waals surface area contributed by atoms with E-state index in [1.54, 1.807) is 19.1 Å². The summed E-state index contributed by atoms with van der Waals surface area (Å²) in [6, 6.07) is 4.67. The predicted octanol–water partition coefficient (Wildman–Crippen LogP) is 0.292. The standard InChI is InChI=1S/C10H11BO3/c1-2-14-10(13)6-7-3-4-9(12)8(11)5-7/h3-5,12H,2,6H2,1H3. The zero-order valence-corrected chi connectivity index (χ0v) is 7.99. The van der Waals surface area contributed by atoms with Crippen LogP contribution in [0.5, 0.6) is 5.75 Å². The molecule has 1 N–H and O–H groups in total. The third-order valence-corrected chi connectivity index (χ3v) is 1.75. The van der Waals surface area contributed by atoms with Crippen LogP contribution in [0.1, 0.15) is 12.5 Å². The van der Waals surface area contributed by atoms with E-state index in [4.69, 9.17) is 17.7 Å². The molecular weight excluding hydrogens is 179 g/mol. The van der Waals surface area contributed by atoms with Gasteiger partial charge in [-0.2, -0.15) is 0 Å². The third-order valence-electron chi connectivity index (χ3n) is 1.75. The molecule has 1 aromatic rings. The van der Waals surface area contributed by atoms with Gasteiger partial charge in [-0.1, -0.05) is 17.6 Å². The van der Waals surface area contributed by atoms with Crippen molar-refractivity contribution in [1.82, 2.24) is 0 Å². The second kappa shape index (κ2) is 4.70. The molecule has 0 aliphatic rings. The van der Waals surface area contributed by atoms with E-state index in [2.05, 4.69) is 0 Å². The van der Waals surface area contributed by atoms with Gasteiger partial charge in [-0.05, 0) is 18.6 Å². The molecule has 1 aromatic carbocycles. The molecule has 1 rings (SSSR count). The highest BCUT2D eigenvalue weighted by Crippen LogP contribution is 2.07. The Morgan fingerprint density at radius 2 is 2.29 bits per heavy atom. The van der Waals surface area contributed by atoms with E-state index >= 15 is 0 Å². The van der Waals surface area contributed by atoms with Crippen molar-refractivity contribution in [2.24, 2.45) is 0 Å². The molecule has 0 atom stereocenters. The average Bonchev–Trinajstić information content (AvgIpc) is 2.12. The Morgan fingerprint density at radius 3 is 2.86 bits per heavy atom. The Bertz CT molecular complexity index is 336. The molecule has 0 fully saturated rings. The maximum absolute atomic E-state index is 11.1. The van der Waals surface area contributed by atoms with Gasteiger partial charge in [0.2, 0.25) is 0 Å². The molecule has 0 saturated heterocycles. The van der Waals surface area contributed by atoms with Crippen LogP contribution in [0.4, 0.5) is 0 Å². The van der Waals surface area contributed by atoms with Crippen LogP contribution in [0.15, 0.2) is 18.2 Å². The molecule has 72 valence electrons. The normalized spacial score (nSPS) is 9.79. The highest BCUT2D eigenvalue weighted by atomic mass is 16.5. The summed E-state index contributed by atoms with van der Waals surface area (Å²) in [6.45, 7) is 2.12. The maximum Gasteiger partial charge on any atom is 0.310 e. The topological polar surface area (TPSA) is 46.5 Å². The Hall–Kier alpha value is -1.45. The maximum atomic E-state index is 11.1. The van der Waals surface area contributed by atoms with Gasteiger partial charge in [0.05, 0.1) is 13.0 Å². The zero-order chi connectivity index (χ0) is 10.6. The monoisotopic (exact) mass is 190 g/mol. The van der Waals surface area contributed by atoms with Crippen LogP contribution in [0.3, 0.4) is 0 Å². The minimum Gasteiger partial charge on any atom is -0.509 e. The van der Waals surface area contributed by atoms with Gasteiger partial charge in [0.25, 0.3) is 0 Å². The molecule has 0 aromatic heterocycles. The van der Waals surface area contributed by atoms with Crippen LogP contribution in [0.25, 0.3) is 0 Å². The van der Waals surface area contributed by atoms with Crippen LogP contribution >= 0.6 is 0 Å². The predicted molar refractivity (Wildman–Crippen MR) is 53.8 cm³/mol. The molecule has 0 saturated carbocycles. The van der Waals surface area contributed by atoms with E-state index < -0.39 is 0 Å². The molecule has 0 heterocycles. The van der Waals surface area contributed by atoms with Gasteiger partial charge in [0.1, 0.15) is 13.6 Å². The van der Waals surface area contributed by atoms with Gasteiger partial charge in [0, 0.05) is 0 Å². The van der Waals surface area contributed by atoms with Crippen LogP contribution in [-0.4, -0.2) is 25.5 Å². The van der Waals surface area contributed by atoms with Crippen molar-refractivity contribution < 1.29 is 14.6 Å². The van der Waals surface area contributed by atoms with E-state index in [1.165, 1.54) is 6.07 Å². The largest absolute Gasteiger partial charge is 0.509 e. The van der Waals surface area contributed by atoms with Crippen LogP contribution in [0.2, 0.25) is 0 Å². The first-order valence-electron chi connectivity index (χ1n) is 4.36. The molecule has 0 bridgehead atoms. The number of hydrogen-bond acceptors (Lipinski definition) is 3. The lowest BCUT2D eigenvalue weighted by molar-refractivity contribution is -0.142. The molecule has 0 unspecified atom stereocenters.